The normalized spacial score (nSPS) is 24.9. The lowest BCUT2D eigenvalue weighted by atomic mass is 9.90. The zero-order valence-corrected chi connectivity index (χ0v) is 5.35. The lowest BCUT2D eigenvalue weighted by Gasteiger charge is -2.16. The molecular weight excluding hydrogens is 96.1 g/mol. The van der Waals surface area contributed by atoms with Gasteiger partial charge in [-0.25, -0.2) is 0 Å². The van der Waals surface area contributed by atoms with Crippen molar-refractivity contribution >= 4 is 0 Å². The summed E-state index contributed by atoms with van der Waals surface area (Å²) < 4.78 is 0. The minimum absolute atomic E-state index is 0.826. The van der Waals surface area contributed by atoms with E-state index >= 15 is 0 Å². The zero-order valence-electron chi connectivity index (χ0n) is 5.35. The van der Waals surface area contributed by atoms with Crippen LogP contribution in [0, 0.1) is 5.92 Å². The minimum atomic E-state index is 0.826. The van der Waals surface area contributed by atoms with E-state index in [9.17, 15) is 0 Å². The highest BCUT2D eigenvalue weighted by molar-refractivity contribution is 5.07. The molecule has 0 saturated carbocycles. The summed E-state index contributed by atoms with van der Waals surface area (Å²) in [6.45, 7) is 5.93. The molecule has 1 atom stereocenters. The largest absolute Gasteiger partial charge is 0.100 e. The van der Waals surface area contributed by atoms with Gasteiger partial charge in [-0.2, -0.15) is 0 Å². The van der Waals surface area contributed by atoms with E-state index < -0.39 is 0 Å². The Morgan fingerprint density at radius 1 is 1.88 bits per heavy atom. The number of rotatable bonds is 2. The second-order valence-corrected chi connectivity index (χ2v) is 2.59. The highest BCUT2D eigenvalue weighted by Gasteiger charge is 2.08. The van der Waals surface area contributed by atoms with Crippen molar-refractivity contribution in [1.82, 2.24) is 0 Å². The van der Waals surface area contributed by atoms with Crippen molar-refractivity contribution < 1.29 is 0 Å². The molecule has 0 saturated heterocycles. The molecule has 0 fully saturated rings. The molecule has 0 aromatic heterocycles. The molecule has 44 valence electrons. The Labute approximate surface area is 50.9 Å². The van der Waals surface area contributed by atoms with Gasteiger partial charge >= 0.3 is 0 Å². The highest BCUT2D eigenvalue weighted by Crippen LogP contribution is 2.22. The average Bonchev–Trinajstić information content (AvgIpc) is 1.55. The van der Waals surface area contributed by atoms with Crippen LogP contribution in [0.1, 0.15) is 19.8 Å². The molecule has 0 amide bonds. The van der Waals surface area contributed by atoms with Gasteiger partial charge in [0.1, 0.15) is 0 Å². The van der Waals surface area contributed by atoms with Crippen molar-refractivity contribution in [3.63, 3.8) is 0 Å². The van der Waals surface area contributed by atoms with Crippen LogP contribution in [0.15, 0.2) is 24.3 Å². The second kappa shape index (κ2) is 2.17. The van der Waals surface area contributed by atoms with Crippen LogP contribution in [0.5, 0.6) is 0 Å². The van der Waals surface area contributed by atoms with Crippen LogP contribution in [-0.2, 0) is 0 Å². The van der Waals surface area contributed by atoms with Crippen molar-refractivity contribution in [1.29, 1.82) is 0 Å². The van der Waals surface area contributed by atoms with E-state index in [1.807, 2.05) is 0 Å². The fourth-order valence-corrected chi connectivity index (χ4v) is 0.927. The summed E-state index contributed by atoms with van der Waals surface area (Å²) in [5, 5.41) is 0. The van der Waals surface area contributed by atoms with Crippen molar-refractivity contribution in [2.45, 2.75) is 19.8 Å². The highest BCUT2D eigenvalue weighted by atomic mass is 14.1. The Kier molecular flexibility index (Phi) is 1.52. The molecule has 0 N–H and O–H groups in total. The van der Waals surface area contributed by atoms with E-state index in [-0.39, 0.29) is 0 Å². The molecule has 8 heavy (non-hydrogen) atoms. The number of allylic oxidation sites excluding steroid dienone is 3. The summed E-state index contributed by atoms with van der Waals surface area (Å²) in [5.41, 5.74) is 1.30. The van der Waals surface area contributed by atoms with Gasteiger partial charge in [-0.05, 0) is 25.7 Å². The van der Waals surface area contributed by atoms with Crippen LogP contribution >= 0.6 is 0 Å². The van der Waals surface area contributed by atoms with Crippen LogP contribution in [0.4, 0.5) is 0 Å². The summed E-state index contributed by atoms with van der Waals surface area (Å²) >= 11 is 0. The van der Waals surface area contributed by atoms with Gasteiger partial charge in [-0.1, -0.05) is 17.7 Å². The number of hydrogen-bond acceptors (Lipinski definition) is 0. The van der Waals surface area contributed by atoms with Gasteiger partial charge in [0.2, 0.25) is 0 Å². The van der Waals surface area contributed by atoms with Crippen LogP contribution < -0.4 is 0 Å². The van der Waals surface area contributed by atoms with Crippen LogP contribution in [0.25, 0.3) is 0 Å². The third-order valence-corrected chi connectivity index (χ3v) is 1.46. The molecule has 0 aromatic carbocycles. The summed E-state index contributed by atoms with van der Waals surface area (Å²) in [6.07, 6.45) is 6.94. The lowest BCUT2D eigenvalue weighted by Crippen LogP contribution is -2.02. The molecule has 0 radical (unpaired) electrons. The van der Waals surface area contributed by atoms with E-state index in [1.54, 1.807) is 0 Å². The van der Waals surface area contributed by atoms with Gasteiger partial charge in [-0.3, -0.25) is 0 Å². The molecule has 0 heteroatoms. The maximum absolute atomic E-state index is 3.84. The second-order valence-electron chi connectivity index (χ2n) is 2.59. The third kappa shape index (κ3) is 1.22. The Balaban J connectivity index is 2.20. The van der Waals surface area contributed by atoms with E-state index in [2.05, 4.69) is 25.7 Å². The molecular formula is C8H12. The van der Waals surface area contributed by atoms with E-state index in [4.69, 9.17) is 0 Å². The molecule has 1 aliphatic rings. The third-order valence-electron chi connectivity index (χ3n) is 1.46. The minimum Gasteiger partial charge on any atom is -0.100 e. The maximum atomic E-state index is 3.84. The van der Waals surface area contributed by atoms with Gasteiger partial charge in [0.25, 0.3) is 0 Å². The maximum Gasteiger partial charge on any atom is -0.0162 e. The topological polar surface area (TPSA) is 0 Å². The van der Waals surface area contributed by atoms with E-state index in [1.165, 1.54) is 18.4 Å². The van der Waals surface area contributed by atoms with Crippen LogP contribution in [-0.4, -0.2) is 0 Å². The summed E-state index contributed by atoms with van der Waals surface area (Å²) in [6, 6.07) is 0. The van der Waals surface area contributed by atoms with Crippen LogP contribution in [0.2, 0.25) is 0 Å². The molecule has 1 unspecified atom stereocenters. The standard InChI is InChI=1S/C8H12/c1-7(2)6-8-4-3-5-8/h3-4,8H,1,5-6H2,2H3. The first-order valence-electron chi connectivity index (χ1n) is 3.10. The van der Waals surface area contributed by atoms with Gasteiger partial charge < -0.3 is 0 Å². The van der Waals surface area contributed by atoms with Gasteiger partial charge in [0.15, 0.2) is 0 Å². The zero-order chi connectivity index (χ0) is 5.98. The Hall–Kier alpha value is -0.520. The van der Waals surface area contributed by atoms with Gasteiger partial charge in [0, 0.05) is 0 Å². The van der Waals surface area contributed by atoms with Crippen LogP contribution in [0.3, 0.4) is 0 Å². The Bertz CT molecular complexity index is 120. The molecule has 0 aromatic rings. The van der Waals surface area contributed by atoms with E-state index in [0.717, 1.165) is 5.92 Å². The fourth-order valence-electron chi connectivity index (χ4n) is 0.927. The first-order valence-corrected chi connectivity index (χ1v) is 3.10. The predicted molar refractivity (Wildman–Crippen MR) is 36.7 cm³/mol. The van der Waals surface area contributed by atoms with Crippen molar-refractivity contribution in [2.75, 3.05) is 0 Å². The summed E-state index contributed by atoms with van der Waals surface area (Å²) in [5.74, 6) is 0.826. The fraction of sp³-hybridized carbons (Fsp3) is 0.500. The molecule has 0 spiro atoms. The first-order chi connectivity index (χ1) is 3.79. The molecule has 1 rings (SSSR count). The summed E-state index contributed by atoms with van der Waals surface area (Å²) in [4.78, 5) is 0. The smallest absolute Gasteiger partial charge is 0.0162 e. The van der Waals surface area contributed by atoms with Gasteiger partial charge in [0.05, 0.1) is 0 Å². The molecule has 1 aliphatic carbocycles. The average molecular weight is 108 g/mol. The Morgan fingerprint density at radius 3 is 2.62 bits per heavy atom. The molecule has 0 heterocycles. The molecule has 0 nitrogen and oxygen atoms in total. The first kappa shape index (κ1) is 5.61. The van der Waals surface area contributed by atoms with Crippen molar-refractivity contribution in [3.8, 4) is 0 Å². The summed E-state index contributed by atoms with van der Waals surface area (Å²) in [7, 11) is 0. The quantitative estimate of drug-likeness (QED) is 0.477. The molecule has 0 bridgehead atoms. The van der Waals surface area contributed by atoms with Crippen molar-refractivity contribution in [2.24, 2.45) is 5.92 Å². The SMILES string of the molecule is C=C(C)CC1C=CC1. The lowest BCUT2D eigenvalue weighted by molar-refractivity contribution is 0.605. The molecule has 0 aliphatic heterocycles. The predicted octanol–water partition coefficient (Wildman–Crippen LogP) is 2.53. The van der Waals surface area contributed by atoms with Crippen molar-refractivity contribution in [3.05, 3.63) is 24.3 Å². The Morgan fingerprint density at radius 2 is 2.50 bits per heavy atom. The van der Waals surface area contributed by atoms with Gasteiger partial charge in [-0.15, -0.1) is 6.58 Å². The number of hydrogen-bond donors (Lipinski definition) is 0. The van der Waals surface area contributed by atoms with E-state index in [0.29, 0.717) is 0 Å². The monoisotopic (exact) mass is 108 g/mol.